The highest BCUT2D eigenvalue weighted by Gasteiger charge is 2.18. The summed E-state index contributed by atoms with van der Waals surface area (Å²) < 4.78 is 19.5. The molecule has 0 aliphatic rings. The van der Waals surface area contributed by atoms with E-state index in [9.17, 15) is 9.36 Å². The average Bonchev–Trinajstić information content (AvgIpc) is 2.46. The number of phosphoric ester groups is 1. The van der Waals surface area contributed by atoms with E-state index in [-0.39, 0.29) is 5.76 Å². The zero-order valence-corrected chi connectivity index (χ0v) is 9.19. The molecule has 0 aromatic carbocycles. The largest absolute Gasteiger partial charge is 0.470 e. The first-order valence-corrected chi connectivity index (χ1v) is 5.69. The number of ketones is 1. The Kier molecular flexibility index (Phi) is 3.63. The molecule has 0 unspecified atom stereocenters. The molecule has 1 aromatic rings. The van der Waals surface area contributed by atoms with Crippen molar-refractivity contribution in [3.8, 4) is 0 Å². The normalized spacial score (nSPS) is 11.6. The number of furan rings is 1. The number of Topliss-reactive ketones (excluding diaryl/α,β-unsaturated/α-hetero) is 1. The SMILES string of the molecule is O=C(COP(=O)(O)O)c1ccc(Br)o1. The molecular formula is C6H6BrO6P. The van der Waals surface area contributed by atoms with Crippen molar-refractivity contribution in [2.24, 2.45) is 0 Å². The van der Waals surface area contributed by atoms with E-state index in [1.807, 2.05) is 0 Å². The molecule has 8 heteroatoms. The molecule has 1 aromatic heterocycles. The second kappa shape index (κ2) is 4.37. The fourth-order valence-electron chi connectivity index (χ4n) is 0.678. The summed E-state index contributed by atoms with van der Waals surface area (Å²) in [7, 11) is -4.61. The Morgan fingerprint density at radius 2 is 2.21 bits per heavy atom. The molecule has 1 heterocycles. The Bertz CT molecular complexity index is 379. The topological polar surface area (TPSA) is 97.0 Å². The van der Waals surface area contributed by atoms with E-state index in [1.165, 1.54) is 12.1 Å². The smallest absolute Gasteiger partial charge is 0.446 e. The molecule has 0 saturated carbocycles. The van der Waals surface area contributed by atoms with Gasteiger partial charge in [-0.2, -0.15) is 0 Å². The van der Waals surface area contributed by atoms with Gasteiger partial charge in [-0.1, -0.05) is 0 Å². The van der Waals surface area contributed by atoms with Gasteiger partial charge in [0.2, 0.25) is 5.78 Å². The standard InChI is InChI=1S/C6H6BrO6P/c7-6-2-1-5(13-6)4(8)3-12-14(9,10)11/h1-2H,3H2,(H2,9,10,11). The van der Waals surface area contributed by atoms with Gasteiger partial charge in [0.1, 0.15) is 6.61 Å². The first-order valence-electron chi connectivity index (χ1n) is 3.37. The molecule has 0 bridgehead atoms. The first-order chi connectivity index (χ1) is 6.38. The van der Waals surface area contributed by atoms with Crippen LogP contribution in [0.1, 0.15) is 10.6 Å². The van der Waals surface area contributed by atoms with Gasteiger partial charge in [-0.25, -0.2) is 4.57 Å². The predicted octanol–water partition coefficient (Wildman–Crippen LogP) is 1.33. The molecule has 0 fully saturated rings. The van der Waals surface area contributed by atoms with Gasteiger partial charge >= 0.3 is 7.82 Å². The minimum atomic E-state index is -4.61. The monoisotopic (exact) mass is 284 g/mol. The van der Waals surface area contributed by atoms with Crippen molar-refractivity contribution in [3.63, 3.8) is 0 Å². The van der Waals surface area contributed by atoms with Crippen LogP contribution in [0.5, 0.6) is 0 Å². The number of hydrogen-bond acceptors (Lipinski definition) is 4. The summed E-state index contributed by atoms with van der Waals surface area (Å²) >= 11 is 2.98. The summed E-state index contributed by atoms with van der Waals surface area (Å²) in [6, 6.07) is 2.86. The predicted molar refractivity (Wildman–Crippen MR) is 48.7 cm³/mol. The molecule has 1 rings (SSSR count). The summed E-state index contributed by atoms with van der Waals surface area (Å²) in [5.74, 6) is -0.663. The second-order valence-electron chi connectivity index (χ2n) is 2.29. The molecular weight excluding hydrogens is 279 g/mol. The molecule has 0 atom stereocenters. The third-order valence-electron chi connectivity index (χ3n) is 1.21. The van der Waals surface area contributed by atoms with Crippen molar-refractivity contribution >= 4 is 29.5 Å². The molecule has 2 N–H and O–H groups in total. The Hall–Kier alpha value is -0.460. The van der Waals surface area contributed by atoms with Crippen LogP contribution in [0, 0.1) is 0 Å². The molecule has 14 heavy (non-hydrogen) atoms. The van der Waals surface area contributed by atoms with Crippen molar-refractivity contribution in [3.05, 3.63) is 22.6 Å². The molecule has 6 nitrogen and oxygen atoms in total. The highest BCUT2D eigenvalue weighted by atomic mass is 79.9. The molecule has 78 valence electrons. The Morgan fingerprint density at radius 3 is 2.64 bits per heavy atom. The van der Waals surface area contributed by atoms with Crippen molar-refractivity contribution in [2.75, 3.05) is 6.61 Å². The van der Waals surface area contributed by atoms with Crippen molar-refractivity contribution in [1.82, 2.24) is 0 Å². The van der Waals surface area contributed by atoms with Crippen LogP contribution in [-0.4, -0.2) is 22.2 Å². The zero-order chi connectivity index (χ0) is 10.8. The van der Waals surface area contributed by atoms with Crippen molar-refractivity contribution in [2.45, 2.75) is 0 Å². The lowest BCUT2D eigenvalue weighted by Crippen LogP contribution is -2.06. The summed E-state index contributed by atoms with van der Waals surface area (Å²) in [4.78, 5) is 27.8. The lowest BCUT2D eigenvalue weighted by atomic mass is 10.3. The number of hydrogen-bond donors (Lipinski definition) is 2. The number of carbonyl (C=O) groups is 1. The third-order valence-corrected chi connectivity index (χ3v) is 2.10. The van der Waals surface area contributed by atoms with Crippen LogP contribution in [0.25, 0.3) is 0 Å². The highest BCUT2D eigenvalue weighted by Crippen LogP contribution is 2.35. The number of carbonyl (C=O) groups excluding carboxylic acids is 1. The average molecular weight is 285 g/mol. The van der Waals surface area contributed by atoms with Gasteiger partial charge in [0.15, 0.2) is 10.4 Å². The van der Waals surface area contributed by atoms with Gasteiger partial charge in [-0.3, -0.25) is 9.32 Å². The quantitative estimate of drug-likeness (QED) is 0.640. The van der Waals surface area contributed by atoms with Crippen LogP contribution < -0.4 is 0 Å². The summed E-state index contributed by atoms with van der Waals surface area (Å²) in [5, 5.41) is 0. The molecule has 0 aliphatic carbocycles. The van der Waals surface area contributed by atoms with Crippen LogP contribution in [0.15, 0.2) is 21.2 Å². The number of rotatable bonds is 4. The van der Waals surface area contributed by atoms with E-state index < -0.39 is 20.2 Å². The summed E-state index contributed by atoms with van der Waals surface area (Å²) in [6.45, 7) is -0.718. The van der Waals surface area contributed by atoms with E-state index in [0.29, 0.717) is 4.67 Å². The minimum absolute atomic E-state index is 0.0228. The minimum Gasteiger partial charge on any atom is -0.446 e. The summed E-state index contributed by atoms with van der Waals surface area (Å²) in [6.07, 6.45) is 0. The van der Waals surface area contributed by atoms with Crippen molar-refractivity contribution in [1.29, 1.82) is 0 Å². The van der Waals surface area contributed by atoms with E-state index in [1.54, 1.807) is 0 Å². The van der Waals surface area contributed by atoms with Gasteiger partial charge in [0, 0.05) is 0 Å². The van der Waals surface area contributed by atoms with Gasteiger partial charge in [-0.05, 0) is 28.1 Å². The van der Waals surface area contributed by atoms with Crippen LogP contribution in [0.3, 0.4) is 0 Å². The van der Waals surface area contributed by atoms with Crippen LogP contribution in [0.2, 0.25) is 0 Å². The Labute approximate surface area is 87.2 Å². The van der Waals surface area contributed by atoms with Gasteiger partial charge in [0.05, 0.1) is 0 Å². The molecule has 0 spiro atoms. The van der Waals surface area contributed by atoms with E-state index in [2.05, 4.69) is 20.5 Å². The third kappa shape index (κ3) is 3.73. The Balaban J connectivity index is 2.56. The van der Waals surface area contributed by atoms with Crippen LogP contribution in [0.4, 0.5) is 0 Å². The van der Waals surface area contributed by atoms with Gasteiger partial charge in [-0.15, -0.1) is 0 Å². The van der Waals surface area contributed by atoms with Crippen LogP contribution in [-0.2, 0) is 9.09 Å². The van der Waals surface area contributed by atoms with Crippen LogP contribution >= 0.6 is 23.8 Å². The maximum atomic E-state index is 11.1. The maximum absolute atomic E-state index is 11.1. The number of halogens is 1. The van der Waals surface area contributed by atoms with E-state index in [0.717, 1.165) is 0 Å². The fourth-order valence-corrected chi connectivity index (χ4v) is 1.27. The van der Waals surface area contributed by atoms with Gasteiger partial charge < -0.3 is 14.2 Å². The van der Waals surface area contributed by atoms with Crippen molar-refractivity contribution < 1.29 is 28.1 Å². The van der Waals surface area contributed by atoms with E-state index in [4.69, 9.17) is 14.2 Å². The zero-order valence-electron chi connectivity index (χ0n) is 6.71. The van der Waals surface area contributed by atoms with E-state index >= 15 is 0 Å². The lowest BCUT2D eigenvalue weighted by molar-refractivity contribution is 0.0855. The number of phosphoric acid groups is 1. The summed E-state index contributed by atoms with van der Waals surface area (Å²) in [5.41, 5.74) is 0. The lowest BCUT2D eigenvalue weighted by Gasteiger charge is -2.01. The molecule has 0 amide bonds. The molecule has 0 aliphatic heterocycles. The molecule has 0 saturated heterocycles. The Morgan fingerprint density at radius 1 is 1.57 bits per heavy atom. The first kappa shape index (κ1) is 11.6. The maximum Gasteiger partial charge on any atom is 0.470 e. The fraction of sp³-hybridized carbons (Fsp3) is 0.167. The highest BCUT2D eigenvalue weighted by molar-refractivity contribution is 9.10. The second-order valence-corrected chi connectivity index (χ2v) is 4.31. The van der Waals surface area contributed by atoms with Gasteiger partial charge in [0.25, 0.3) is 0 Å². The molecule has 0 radical (unpaired) electrons.